The molecule has 2 N–H and O–H groups in total. The van der Waals surface area contributed by atoms with Crippen molar-refractivity contribution in [1.82, 2.24) is 0 Å². The molecule has 3 rings (SSSR count). The number of hydrogen-bond acceptors (Lipinski definition) is 3. The van der Waals surface area contributed by atoms with Gasteiger partial charge in [0, 0.05) is 12.0 Å². The number of nitrogens with two attached hydrogens (primary N) is 1. The van der Waals surface area contributed by atoms with E-state index in [-0.39, 0.29) is 11.9 Å². The van der Waals surface area contributed by atoms with Crippen molar-refractivity contribution < 1.29 is 9.53 Å². The number of carbonyl (C=O) groups is 1. The Morgan fingerprint density at radius 3 is 2.93 bits per heavy atom. The first-order chi connectivity index (χ1) is 7.22. The van der Waals surface area contributed by atoms with E-state index in [1.54, 1.807) is 0 Å². The first-order valence-electron chi connectivity index (χ1n) is 4.88. The van der Waals surface area contributed by atoms with Crippen molar-refractivity contribution in [2.45, 2.75) is 18.4 Å². The third-order valence-electron chi connectivity index (χ3n) is 3.03. The van der Waals surface area contributed by atoms with Gasteiger partial charge in [0.15, 0.2) is 0 Å². The molecule has 0 aromatic heterocycles. The SMILES string of the molecule is NC1=NC(=O)[C@@]2(CCc3ccccc32)O1. The second-order valence-corrected chi connectivity index (χ2v) is 3.84. The molecule has 0 saturated carbocycles. The number of rotatable bonds is 0. The fourth-order valence-electron chi connectivity index (χ4n) is 2.34. The lowest BCUT2D eigenvalue weighted by molar-refractivity contribution is -0.131. The van der Waals surface area contributed by atoms with Gasteiger partial charge in [0.25, 0.3) is 11.9 Å². The van der Waals surface area contributed by atoms with Crippen LogP contribution in [0.2, 0.25) is 0 Å². The van der Waals surface area contributed by atoms with Crippen LogP contribution in [0, 0.1) is 0 Å². The molecule has 15 heavy (non-hydrogen) atoms. The zero-order chi connectivity index (χ0) is 10.5. The molecule has 1 aliphatic heterocycles. The maximum Gasteiger partial charge on any atom is 0.299 e. The molecule has 1 aliphatic carbocycles. The number of aryl methyl sites for hydroxylation is 1. The predicted octanol–water partition coefficient (Wildman–Crippen LogP) is 0.700. The minimum absolute atomic E-state index is 0.0169. The standard InChI is InChI=1S/C11H10N2O2/c12-10-13-9(14)11(15-10)6-5-7-3-1-2-4-8(7)11/h1-4H,5-6H2,(H2,12,13,14)/t11-/m0/s1. The molecule has 1 atom stereocenters. The number of benzene rings is 1. The van der Waals surface area contributed by atoms with E-state index < -0.39 is 5.60 Å². The molecule has 0 fully saturated rings. The van der Waals surface area contributed by atoms with Crippen molar-refractivity contribution in [3.05, 3.63) is 35.4 Å². The molecule has 2 aliphatic rings. The molecule has 1 aromatic rings. The van der Waals surface area contributed by atoms with E-state index in [2.05, 4.69) is 4.99 Å². The van der Waals surface area contributed by atoms with Gasteiger partial charge in [0.05, 0.1) is 0 Å². The van der Waals surface area contributed by atoms with E-state index in [1.807, 2.05) is 24.3 Å². The monoisotopic (exact) mass is 202 g/mol. The zero-order valence-corrected chi connectivity index (χ0v) is 8.06. The molecule has 0 radical (unpaired) electrons. The summed E-state index contributed by atoms with van der Waals surface area (Å²) >= 11 is 0. The molecule has 1 heterocycles. The van der Waals surface area contributed by atoms with Crippen LogP contribution in [0.25, 0.3) is 0 Å². The molecule has 0 bridgehead atoms. The second kappa shape index (κ2) is 2.59. The number of ether oxygens (including phenoxy) is 1. The maximum atomic E-state index is 11.8. The zero-order valence-electron chi connectivity index (χ0n) is 8.06. The average Bonchev–Trinajstić information content (AvgIpc) is 2.72. The van der Waals surface area contributed by atoms with Crippen LogP contribution in [0.3, 0.4) is 0 Å². The highest BCUT2D eigenvalue weighted by molar-refractivity contribution is 6.02. The Labute approximate surface area is 86.8 Å². The summed E-state index contributed by atoms with van der Waals surface area (Å²) in [5.74, 6) is -0.273. The van der Waals surface area contributed by atoms with E-state index in [9.17, 15) is 4.79 Å². The minimum Gasteiger partial charge on any atom is -0.443 e. The van der Waals surface area contributed by atoms with Gasteiger partial charge in [-0.25, -0.2) is 0 Å². The predicted molar refractivity (Wildman–Crippen MR) is 54.2 cm³/mol. The van der Waals surface area contributed by atoms with Crippen molar-refractivity contribution in [3.63, 3.8) is 0 Å². The summed E-state index contributed by atoms with van der Waals surface area (Å²) in [7, 11) is 0. The summed E-state index contributed by atoms with van der Waals surface area (Å²) in [5, 5.41) is 0. The van der Waals surface area contributed by atoms with Crippen LogP contribution in [-0.2, 0) is 21.6 Å². The van der Waals surface area contributed by atoms with Crippen LogP contribution in [0.1, 0.15) is 17.5 Å². The number of hydrogen-bond donors (Lipinski definition) is 1. The van der Waals surface area contributed by atoms with Crippen molar-refractivity contribution in [1.29, 1.82) is 0 Å². The number of carbonyl (C=O) groups excluding carboxylic acids is 1. The van der Waals surface area contributed by atoms with Crippen LogP contribution in [0.4, 0.5) is 0 Å². The van der Waals surface area contributed by atoms with Gasteiger partial charge in [-0.3, -0.25) is 4.79 Å². The van der Waals surface area contributed by atoms with Gasteiger partial charge >= 0.3 is 0 Å². The highest BCUT2D eigenvalue weighted by Crippen LogP contribution is 2.43. The lowest BCUT2D eigenvalue weighted by Gasteiger charge is -2.21. The number of amides is 1. The number of amidine groups is 1. The highest BCUT2D eigenvalue weighted by Gasteiger charge is 2.51. The molecule has 1 aromatic carbocycles. The third-order valence-corrected chi connectivity index (χ3v) is 3.03. The molecule has 4 nitrogen and oxygen atoms in total. The Kier molecular flexibility index (Phi) is 1.46. The van der Waals surface area contributed by atoms with E-state index in [0.29, 0.717) is 6.42 Å². The minimum atomic E-state index is -0.916. The lowest BCUT2D eigenvalue weighted by atomic mass is 9.95. The quantitative estimate of drug-likeness (QED) is 0.673. The third kappa shape index (κ3) is 0.960. The fourth-order valence-corrected chi connectivity index (χ4v) is 2.34. The molecule has 0 unspecified atom stereocenters. The molecule has 1 spiro atoms. The summed E-state index contributed by atoms with van der Waals surface area (Å²) < 4.78 is 5.43. The van der Waals surface area contributed by atoms with Crippen LogP contribution >= 0.6 is 0 Å². The van der Waals surface area contributed by atoms with Crippen molar-refractivity contribution >= 4 is 11.9 Å². The number of aliphatic imine (C=N–C) groups is 1. The smallest absolute Gasteiger partial charge is 0.299 e. The normalized spacial score (nSPS) is 27.7. The van der Waals surface area contributed by atoms with Crippen molar-refractivity contribution in [3.8, 4) is 0 Å². The van der Waals surface area contributed by atoms with Gasteiger partial charge < -0.3 is 10.5 Å². The van der Waals surface area contributed by atoms with E-state index in [0.717, 1.165) is 17.5 Å². The Morgan fingerprint density at radius 2 is 2.20 bits per heavy atom. The van der Waals surface area contributed by atoms with E-state index in [1.165, 1.54) is 0 Å². The first-order valence-corrected chi connectivity index (χ1v) is 4.88. The first kappa shape index (κ1) is 8.47. The molecule has 4 heteroatoms. The summed E-state index contributed by atoms with van der Waals surface area (Å²) in [6.07, 6.45) is 1.47. The van der Waals surface area contributed by atoms with Crippen molar-refractivity contribution in [2.75, 3.05) is 0 Å². The van der Waals surface area contributed by atoms with Crippen LogP contribution < -0.4 is 5.73 Å². The van der Waals surface area contributed by atoms with Crippen LogP contribution in [0.15, 0.2) is 29.3 Å². The molecular weight excluding hydrogens is 192 g/mol. The van der Waals surface area contributed by atoms with Gasteiger partial charge in [0.2, 0.25) is 5.60 Å². The number of fused-ring (bicyclic) bond motifs is 2. The van der Waals surface area contributed by atoms with Gasteiger partial charge in [0.1, 0.15) is 0 Å². The Hall–Kier alpha value is -1.84. The largest absolute Gasteiger partial charge is 0.443 e. The summed E-state index contributed by atoms with van der Waals surface area (Å²) in [5.41, 5.74) is 6.59. The summed E-state index contributed by atoms with van der Waals surface area (Å²) in [6.45, 7) is 0. The van der Waals surface area contributed by atoms with Gasteiger partial charge in [-0.2, -0.15) is 4.99 Å². The lowest BCUT2D eigenvalue weighted by Crippen LogP contribution is -2.32. The van der Waals surface area contributed by atoms with E-state index in [4.69, 9.17) is 10.5 Å². The highest BCUT2D eigenvalue weighted by atomic mass is 16.5. The Bertz CT molecular complexity index is 481. The fraction of sp³-hybridized carbons (Fsp3) is 0.273. The molecule has 0 saturated heterocycles. The summed E-state index contributed by atoms with van der Waals surface area (Å²) in [6, 6.07) is 7.76. The molecule has 76 valence electrons. The molecule has 1 amide bonds. The number of nitrogens with zero attached hydrogens (tertiary/aromatic N) is 1. The van der Waals surface area contributed by atoms with Gasteiger partial charge in [-0.05, 0) is 12.0 Å². The topological polar surface area (TPSA) is 64.7 Å². The Morgan fingerprint density at radius 1 is 1.40 bits per heavy atom. The Balaban J connectivity index is 2.15. The van der Waals surface area contributed by atoms with E-state index >= 15 is 0 Å². The maximum absolute atomic E-state index is 11.8. The average molecular weight is 202 g/mol. The summed E-state index contributed by atoms with van der Waals surface area (Å²) in [4.78, 5) is 15.4. The second-order valence-electron chi connectivity index (χ2n) is 3.84. The van der Waals surface area contributed by atoms with Gasteiger partial charge in [-0.1, -0.05) is 24.3 Å². The van der Waals surface area contributed by atoms with Gasteiger partial charge in [-0.15, -0.1) is 0 Å². The van der Waals surface area contributed by atoms with Crippen molar-refractivity contribution in [2.24, 2.45) is 10.7 Å². The molecular formula is C11H10N2O2. The van der Waals surface area contributed by atoms with Crippen LogP contribution in [-0.4, -0.2) is 11.9 Å². The van der Waals surface area contributed by atoms with Crippen LogP contribution in [0.5, 0.6) is 0 Å².